The highest BCUT2D eigenvalue weighted by Gasteiger charge is 2.28. The molecule has 4 rings (SSSR count). The first kappa shape index (κ1) is 17.8. The number of rotatable bonds is 5. The third-order valence-corrected chi connectivity index (χ3v) is 5.03. The minimum absolute atomic E-state index is 0.219. The topological polar surface area (TPSA) is 69.0 Å². The van der Waals surface area contributed by atoms with Gasteiger partial charge >= 0.3 is 0 Å². The molecule has 140 valence electrons. The minimum atomic E-state index is -0.219. The van der Waals surface area contributed by atoms with Crippen molar-refractivity contribution in [3.63, 3.8) is 0 Å². The van der Waals surface area contributed by atoms with Crippen LogP contribution in [-0.2, 0) is 7.05 Å². The number of aryl methyl sites for hydroxylation is 2. The molecule has 1 fully saturated rings. The van der Waals surface area contributed by atoms with Gasteiger partial charge < -0.3 is 10.1 Å². The summed E-state index contributed by atoms with van der Waals surface area (Å²) < 4.78 is 7.35. The second-order valence-corrected chi connectivity index (χ2v) is 7.19. The van der Waals surface area contributed by atoms with Gasteiger partial charge in [0.1, 0.15) is 0 Å². The molecule has 0 saturated heterocycles. The molecule has 0 bridgehead atoms. The summed E-state index contributed by atoms with van der Waals surface area (Å²) >= 11 is 6.24. The zero-order valence-corrected chi connectivity index (χ0v) is 16.3. The Morgan fingerprint density at radius 2 is 2.19 bits per heavy atom. The van der Waals surface area contributed by atoms with Gasteiger partial charge in [-0.05, 0) is 44.9 Å². The van der Waals surface area contributed by atoms with E-state index in [4.69, 9.17) is 21.3 Å². The van der Waals surface area contributed by atoms with Crippen molar-refractivity contribution in [1.29, 1.82) is 0 Å². The molecule has 3 aromatic rings. The number of benzene rings is 1. The maximum atomic E-state index is 13.2. The lowest BCUT2D eigenvalue weighted by atomic mass is 10.1. The Bertz CT molecular complexity index is 1040. The van der Waals surface area contributed by atoms with Crippen LogP contribution in [0.25, 0.3) is 11.0 Å². The van der Waals surface area contributed by atoms with Crippen LogP contribution in [0.3, 0.4) is 0 Å². The van der Waals surface area contributed by atoms with Gasteiger partial charge in [0.05, 0.1) is 34.0 Å². The molecule has 0 aliphatic heterocycles. The summed E-state index contributed by atoms with van der Waals surface area (Å²) in [6, 6.07) is 7.21. The van der Waals surface area contributed by atoms with E-state index in [1.807, 2.05) is 27.0 Å². The first-order valence-corrected chi connectivity index (χ1v) is 9.44. The van der Waals surface area contributed by atoms with E-state index in [2.05, 4.69) is 10.4 Å². The fourth-order valence-corrected chi connectivity index (χ4v) is 3.55. The van der Waals surface area contributed by atoms with Gasteiger partial charge in [-0.15, -0.1) is 0 Å². The molecular weight excluding hydrogens is 364 g/mol. The SMILES string of the molecule is CCOc1c(Cl)cccc1NC(=O)c1cc(C2CC2)nc2c1c(C)nn2C. The van der Waals surface area contributed by atoms with Crippen molar-refractivity contribution in [2.75, 3.05) is 11.9 Å². The number of fused-ring (bicyclic) bond motifs is 1. The van der Waals surface area contributed by atoms with Crippen molar-refractivity contribution >= 4 is 34.2 Å². The van der Waals surface area contributed by atoms with E-state index in [1.165, 1.54) is 0 Å². The maximum absolute atomic E-state index is 13.2. The number of carbonyl (C=O) groups excluding carboxylic acids is 1. The molecule has 0 unspecified atom stereocenters. The first-order chi connectivity index (χ1) is 13.0. The maximum Gasteiger partial charge on any atom is 0.256 e. The Hall–Kier alpha value is -2.60. The van der Waals surface area contributed by atoms with Crippen LogP contribution in [0.4, 0.5) is 5.69 Å². The van der Waals surface area contributed by atoms with Gasteiger partial charge in [0, 0.05) is 18.7 Å². The van der Waals surface area contributed by atoms with Crippen molar-refractivity contribution in [3.8, 4) is 5.75 Å². The minimum Gasteiger partial charge on any atom is -0.490 e. The lowest BCUT2D eigenvalue weighted by Gasteiger charge is -2.14. The summed E-state index contributed by atoms with van der Waals surface area (Å²) in [6.07, 6.45) is 2.22. The molecule has 27 heavy (non-hydrogen) atoms. The van der Waals surface area contributed by atoms with E-state index in [1.54, 1.807) is 22.9 Å². The number of aromatic nitrogens is 3. The highest BCUT2D eigenvalue weighted by Crippen LogP contribution is 2.41. The van der Waals surface area contributed by atoms with E-state index in [-0.39, 0.29) is 5.91 Å². The molecule has 7 heteroatoms. The second kappa shape index (κ2) is 6.85. The number of para-hydroxylation sites is 1. The fourth-order valence-electron chi connectivity index (χ4n) is 3.32. The molecule has 1 amide bonds. The van der Waals surface area contributed by atoms with Crippen molar-refractivity contribution in [2.45, 2.75) is 32.6 Å². The largest absolute Gasteiger partial charge is 0.490 e. The molecule has 2 aromatic heterocycles. The zero-order chi connectivity index (χ0) is 19.1. The normalized spacial score (nSPS) is 13.8. The van der Waals surface area contributed by atoms with Crippen molar-refractivity contribution in [1.82, 2.24) is 14.8 Å². The molecule has 0 spiro atoms. The lowest BCUT2D eigenvalue weighted by Crippen LogP contribution is -2.15. The summed E-state index contributed by atoms with van der Waals surface area (Å²) in [6.45, 7) is 4.23. The zero-order valence-electron chi connectivity index (χ0n) is 15.5. The van der Waals surface area contributed by atoms with Crippen LogP contribution in [-0.4, -0.2) is 27.3 Å². The number of halogens is 1. The fraction of sp³-hybridized carbons (Fsp3) is 0.350. The van der Waals surface area contributed by atoms with E-state index >= 15 is 0 Å². The molecule has 0 radical (unpaired) electrons. The summed E-state index contributed by atoms with van der Waals surface area (Å²) in [4.78, 5) is 17.9. The molecule has 1 aromatic carbocycles. The predicted molar refractivity (Wildman–Crippen MR) is 106 cm³/mol. The van der Waals surface area contributed by atoms with Crippen LogP contribution in [0, 0.1) is 6.92 Å². The number of carbonyl (C=O) groups is 1. The van der Waals surface area contributed by atoms with Crippen LogP contribution in [0.15, 0.2) is 24.3 Å². The van der Waals surface area contributed by atoms with E-state index in [9.17, 15) is 4.79 Å². The molecule has 1 aliphatic rings. The summed E-state index contributed by atoms with van der Waals surface area (Å²) in [5.41, 5.74) is 3.59. The Labute approximate surface area is 162 Å². The predicted octanol–water partition coefficient (Wildman–Crippen LogP) is 4.46. The van der Waals surface area contributed by atoms with Gasteiger partial charge in [-0.3, -0.25) is 9.48 Å². The van der Waals surface area contributed by atoms with Gasteiger partial charge in [0.25, 0.3) is 5.91 Å². The van der Waals surface area contributed by atoms with Gasteiger partial charge in [0.15, 0.2) is 11.4 Å². The smallest absolute Gasteiger partial charge is 0.256 e. The van der Waals surface area contributed by atoms with Crippen LogP contribution < -0.4 is 10.1 Å². The number of hydrogen-bond acceptors (Lipinski definition) is 4. The highest BCUT2D eigenvalue weighted by molar-refractivity contribution is 6.32. The number of hydrogen-bond donors (Lipinski definition) is 1. The number of pyridine rings is 1. The van der Waals surface area contributed by atoms with Crippen LogP contribution in [0.5, 0.6) is 5.75 Å². The Kier molecular flexibility index (Phi) is 4.52. The third-order valence-electron chi connectivity index (χ3n) is 4.73. The van der Waals surface area contributed by atoms with Crippen LogP contribution >= 0.6 is 11.6 Å². The van der Waals surface area contributed by atoms with E-state index in [0.29, 0.717) is 34.5 Å². The van der Waals surface area contributed by atoms with Crippen molar-refractivity contribution in [3.05, 3.63) is 46.2 Å². The molecule has 6 nitrogen and oxygen atoms in total. The van der Waals surface area contributed by atoms with Crippen molar-refractivity contribution < 1.29 is 9.53 Å². The summed E-state index contributed by atoms with van der Waals surface area (Å²) in [5, 5.41) is 8.65. The van der Waals surface area contributed by atoms with Gasteiger partial charge in [-0.2, -0.15) is 5.10 Å². The average molecular weight is 385 g/mol. The number of amides is 1. The third kappa shape index (κ3) is 3.25. The average Bonchev–Trinajstić information content (AvgIpc) is 3.44. The van der Waals surface area contributed by atoms with Gasteiger partial charge in [-0.1, -0.05) is 17.7 Å². The van der Waals surface area contributed by atoms with Gasteiger partial charge in [-0.25, -0.2) is 4.98 Å². The summed E-state index contributed by atoms with van der Waals surface area (Å²) in [5.74, 6) is 0.690. The summed E-state index contributed by atoms with van der Waals surface area (Å²) in [7, 11) is 1.85. The molecule has 0 atom stereocenters. The van der Waals surface area contributed by atoms with Crippen molar-refractivity contribution in [2.24, 2.45) is 7.05 Å². The molecule has 1 aliphatic carbocycles. The standard InChI is InChI=1S/C20H21ClN4O2/c1-4-27-18-14(21)6-5-7-15(18)23-20(26)13-10-16(12-8-9-12)22-19-17(13)11(2)24-25(19)3/h5-7,10,12H,4,8-9H2,1-3H3,(H,23,26). The number of anilines is 1. The Morgan fingerprint density at radius 1 is 1.41 bits per heavy atom. The second-order valence-electron chi connectivity index (χ2n) is 6.78. The Balaban J connectivity index is 1.78. The van der Waals surface area contributed by atoms with Gasteiger partial charge in [0.2, 0.25) is 0 Å². The quantitative estimate of drug-likeness (QED) is 0.705. The first-order valence-electron chi connectivity index (χ1n) is 9.06. The highest BCUT2D eigenvalue weighted by atomic mass is 35.5. The number of nitrogens with zero attached hydrogens (tertiary/aromatic N) is 3. The molecule has 2 heterocycles. The number of ether oxygens (including phenoxy) is 1. The van der Waals surface area contributed by atoms with E-state index < -0.39 is 0 Å². The molecule has 1 N–H and O–H groups in total. The molecule has 1 saturated carbocycles. The monoisotopic (exact) mass is 384 g/mol. The molecular formula is C20H21ClN4O2. The van der Waals surface area contributed by atoms with Crippen LogP contribution in [0.1, 0.15) is 47.4 Å². The van der Waals surface area contributed by atoms with E-state index in [0.717, 1.165) is 35.3 Å². The number of nitrogens with one attached hydrogen (secondary N) is 1. The Morgan fingerprint density at radius 3 is 2.89 bits per heavy atom. The van der Waals surface area contributed by atoms with Crippen LogP contribution in [0.2, 0.25) is 5.02 Å². The lowest BCUT2D eigenvalue weighted by molar-refractivity contribution is 0.102.